The highest BCUT2D eigenvalue weighted by atomic mass is 32.2. The second kappa shape index (κ2) is 10.8. The van der Waals surface area contributed by atoms with Crippen LogP contribution in [0.3, 0.4) is 0 Å². The largest absolute Gasteiger partial charge is 0.446 e. The van der Waals surface area contributed by atoms with Crippen molar-refractivity contribution in [2.24, 2.45) is 0 Å². The molecule has 0 saturated carbocycles. The van der Waals surface area contributed by atoms with E-state index >= 15 is 0 Å². The van der Waals surface area contributed by atoms with Gasteiger partial charge in [0.15, 0.2) is 0 Å². The number of hydrogen-bond donors (Lipinski definition) is 1. The van der Waals surface area contributed by atoms with Crippen LogP contribution in [0.2, 0.25) is 0 Å². The fourth-order valence-corrected chi connectivity index (χ4v) is 2.66. The lowest BCUT2D eigenvalue weighted by Crippen LogP contribution is -2.03. The van der Waals surface area contributed by atoms with Crippen LogP contribution >= 0.6 is 11.8 Å². The zero-order chi connectivity index (χ0) is 16.3. The van der Waals surface area contributed by atoms with Crippen LogP contribution in [-0.4, -0.2) is 17.0 Å². The highest BCUT2D eigenvalue weighted by Crippen LogP contribution is 2.36. The zero-order valence-electron chi connectivity index (χ0n) is 13.1. The van der Waals surface area contributed by atoms with Crippen molar-refractivity contribution >= 4 is 17.6 Å². The van der Waals surface area contributed by atoms with Gasteiger partial charge in [0.25, 0.3) is 0 Å². The normalized spacial score (nSPS) is 11.6. The standard InChI is InChI=1S/C16H25F3N2S/c1-2-3-4-5-6-7-8-9-12-20-15-11-10-14(13-21-15)22-16(17,18)19/h10-11,13H,2-9,12H2,1H3,(H,20,21). The molecule has 0 amide bonds. The van der Waals surface area contributed by atoms with E-state index in [4.69, 9.17) is 0 Å². The maximum absolute atomic E-state index is 12.2. The third-order valence-corrected chi connectivity index (χ3v) is 4.02. The molecule has 0 atom stereocenters. The molecule has 1 aromatic rings. The first-order chi connectivity index (χ1) is 10.5. The predicted octanol–water partition coefficient (Wildman–Crippen LogP) is 6.25. The van der Waals surface area contributed by atoms with E-state index < -0.39 is 5.51 Å². The van der Waals surface area contributed by atoms with E-state index in [9.17, 15) is 13.2 Å². The molecule has 1 N–H and O–H groups in total. The van der Waals surface area contributed by atoms with Crippen molar-refractivity contribution in [3.05, 3.63) is 18.3 Å². The molecule has 1 heterocycles. The summed E-state index contributed by atoms with van der Waals surface area (Å²) in [6.45, 7) is 3.03. The number of nitrogens with zero attached hydrogens (tertiary/aromatic N) is 1. The molecule has 22 heavy (non-hydrogen) atoms. The number of anilines is 1. The molecule has 0 fully saturated rings. The summed E-state index contributed by atoms with van der Waals surface area (Å²) in [6, 6.07) is 3.04. The minimum absolute atomic E-state index is 0.116. The monoisotopic (exact) mass is 334 g/mol. The molecule has 0 aliphatic carbocycles. The van der Waals surface area contributed by atoms with Gasteiger partial charge in [-0.3, -0.25) is 0 Å². The number of hydrogen-bond acceptors (Lipinski definition) is 3. The van der Waals surface area contributed by atoms with Crippen LogP contribution in [0.5, 0.6) is 0 Å². The number of unbranched alkanes of at least 4 members (excludes halogenated alkanes) is 7. The van der Waals surface area contributed by atoms with Gasteiger partial charge < -0.3 is 5.32 Å². The zero-order valence-corrected chi connectivity index (χ0v) is 13.9. The van der Waals surface area contributed by atoms with Crippen LogP contribution in [0.25, 0.3) is 0 Å². The van der Waals surface area contributed by atoms with Gasteiger partial charge in [0, 0.05) is 17.6 Å². The maximum Gasteiger partial charge on any atom is 0.446 e. The van der Waals surface area contributed by atoms with Crippen molar-refractivity contribution in [1.29, 1.82) is 0 Å². The molecule has 0 bridgehead atoms. The molecular weight excluding hydrogens is 309 g/mol. The molecule has 0 aromatic carbocycles. The average Bonchev–Trinajstić information content (AvgIpc) is 2.46. The van der Waals surface area contributed by atoms with Crippen molar-refractivity contribution in [2.75, 3.05) is 11.9 Å². The third-order valence-electron chi connectivity index (χ3n) is 3.31. The van der Waals surface area contributed by atoms with Crippen LogP contribution in [0, 0.1) is 0 Å². The Hall–Kier alpha value is -0.910. The lowest BCUT2D eigenvalue weighted by Gasteiger charge is -2.08. The Labute approximate surface area is 135 Å². The predicted molar refractivity (Wildman–Crippen MR) is 87.2 cm³/mol. The highest BCUT2D eigenvalue weighted by Gasteiger charge is 2.29. The van der Waals surface area contributed by atoms with Crippen molar-refractivity contribution in [2.45, 2.75) is 68.7 Å². The second-order valence-corrected chi connectivity index (χ2v) is 6.47. The Morgan fingerprint density at radius 3 is 2.18 bits per heavy atom. The molecular formula is C16H25F3N2S. The number of rotatable bonds is 11. The summed E-state index contributed by atoms with van der Waals surface area (Å²) in [6.07, 6.45) is 11.3. The summed E-state index contributed by atoms with van der Waals surface area (Å²) in [7, 11) is 0. The van der Waals surface area contributed by atoms with Gasteiger partial charge in [-0.2, -0.15) is 13.2 Å². The van der Waals surface area contributed by atoms with Crippen LogP contribution < -0.4 is 5.32 Å². The van der Waals surface area contributed by atoms with Gasteiger partial charge in [-0.15, -0.1) is 0 Å². The number of alkyl halides is 3. The van der Waals surface area contributed by atoms with Gasteiger partial charge in [-0.25, -0.2) is 4.98 Å². The van der Waals surface area contributed by atoms with Crippen LogP contribution in [0.15, 0.2) is 23.2 Å². The maximum atomic E-state index is 12.2. The number of nitrogens with one attached hydrogen (secondary N) is 1. The first-order valence-electron chi connectivity index (χ1n) is 7.97. The average molecular weight is 334 g/mol. The molecule has 0 radical (unpaired) electrons. The molecule has 0 unspecified atom stereocenters. The fraction of sp³-hybridized carbons (Fsp3) is 0.688. The molecule has 0 aliphatic rings. The molecule has 0 saturated heterocycles. The first kappa shape index (κ1) is 19.1. The van der Waals surface area contributed by atoms with Crippen molar-refractivity contribution in [1.82, 2.24) is 4.98 Å². The Bertz CT molecular complexity index is 393. The smallest absolute Gasteiger partial charge is 0.370 e. The Morgan fingerprint density at radius 2 is 1.64 bits per heavy atom. The fourth-order valence-electron chi connectivity index (χ4n) is 2.15. The quantitative estimate of drug-likeness (QED) is 0.382. The molecule has 1 rings (SSSR count). The highest BCUT2D eigenvalue weighted by molar-refractivity contribution is 8.00. The summed E-state index contributed by atoms with van der Waals surface area (Å²) in [5.74, 6) is 0.634. The minimum atomic E-state index is -4.26. The van der Waals surface area contributed by atoms with E-state index in [-0.39, 0.29) is 16.7 Å². The van der Waals surface area contributed by atoms with E-state index in [1.54, 1.807) is 6.07 Å². The summed E-state index contributed by atoms with van der Waals surface area (Å²) < 4.78 is 36.5. The van der Waals surface area contributed by atoms with Gasteiger partial charge in [0.2, 0.25) is 0 Å². The van der Waals surface area contributed by atoms with Gasteiger partial charge in [-0.1, -0.05) is 51.9 Å². The van der Waals surface area contributed by atoms with E-state index in [1.165, 1.54) is 57.2 Å². The van der Waals surface area contributed by atoms with Gasteiger partial charge in [0.1, 0.15) is 5.82 Å². The van der Waals surface area contributed by atoms with Crippen molar-refractivity contribution in [3.63, 3.8) is 0 Å². The van der Waals surface area contributed by atoms with Crippen molar-refractivity contribution in [3.8, 4) is 0 Å². The molecule has 0 spiro atoms. The van der Waals surface area contributed by atoms with Gasteiger partial charge in [0.05, 0.1) is 0 Å². The molecule has 1 aromatic heterocycles. The SMILES string of the molecule is CCCCCCCCCCNc1ccc(SC(F)(F)F)cn1. The second-order valence-electron chi connectivity index (χ2n) is 5.33. The summed E-state index contributed by atoms with van der Waals surface area (Å²) in [5.41, 5.74) is -4.26. The van der Waals surface area contributed by atoms with Gasteiger partial charge >= 0.3 is 5.51 Å². The Kier molecular flexibility index (Phi) is 9.36. The van der Waals surface area contributed by atoms with Crippen LogP contribution in [0.1, 0.15) is 58.3 Å². The first-order valence-corrected chi connectivity index (χ1v) is 8.78. The van der Waals surface area contributed by atoms with Gasteiger partial charge in [-0.05, 0) is 30.3 Å². The number of halogens is 3. The number of thioether (sulfide) groups is 1. The molecule has 2 nitrogen and oxygen atoms in total. The summed E-state index contributed by atoms with van der Waals surface area (Å²) >= 11 is -0.138. The van der Waals surface area contributed by atoms with E-state index in [0.717, 1.165) is 13.0 Å². The molecule has 126 valence electrons. The third kappa shape index (κ3) is 9.92. The van der Waals surface area contributed by atoms with Crippen LogP contribution in [0.4, 0.5) is 19.0 Å². The van der Waals surface area contributed by atoms with E-state index in [0.29, 0.717) is 5.82 Å². The number of aromatic nitrogens is 1. The van der Waals surface area contributed by atoms with Crippen molar-refractivity contribution < 1.29 is 13.2 Å². The Morgan fingerprint density at radius 1 is 1.00 bits per heavy atom. The summed E-state index contributed by atoms with van der Waals surface area (Å²) in [4.78, 5) is 4.11. The molecule has 0 aliphatic heterocycles. The lowest BCUT2D eigenvalue weighted by atomic mass is 10.1. The lowest BCUT2D eigenvalue weighted by molar-refractivity contribution is -0.0328. The minimum Gasteiger partial charge on any atom is -0.370 e. The van der Waals surface area contributed by atoms with E-state index in [1.807, 2.05) is 0 Å². The molecule has 6 heteroatoms. The summed E-state index contributed by atoms with van der Waals surface area (Å²) in [5, 5.41) is 3.14. The number of pyridine rings is 1. The Balaban J connectivity index is 2.08. The van der Waals surface area contributed by atoms with Crippen LogP contribution in [-0.2, 0) is 0 Å². The topological polar surface area (TPSA) is 24.9 Å². The van der Waals surface area contributed by atoms with E-state index in [2.05, 4.69) is 17.2 Å².